The minimum Gasteiger partial charge on any atom is -0.452 e. The van der Waals surface area contributed by atoms with Crippen LogP contribution in [0.2, 0.25) is 0 Å². The fourth-order valence-electron chi connectivity index (χ4n) is 2.55. The van der Waals surface area contributed by atoms with Crippen molar-refractivity contribution < 1.29 is 18.5 Å². The predicted molar refractivity (Wildman–Crippen MR) is 103 cm³/mol. The number of hydrogen-bond acceptors (Lipinski definition) is 8. The number of esters is 1. The van der Waals surface area contributed by atoms with Gasteiger partial charge in [-0.2, -0.15) is 11.3 Å². The van der Waals surface area contributed by atoms with Gasteiger partial charge >= 0.3 is 5.97 Å². The summed E-state index contributed by atoms with van der Waals surface area (Å²) in [6.45, 7) is 1.65. The van der Waals surface area contributed by atoms with Gasteiger partial charge in [0.25, 0.3) is 11.8 Å². The number of aromatic nitrogens is 3. The molecule has 0 radical (unpaired) electrons. The van der Waals surface area contributed by atoms with Gasteiger partial charge in [0, 0.05) is 11.6 Å². The molecule has 0 N–H and O–H groups in total. The highest BCUT2D eigenvalue weighted by Gasteiger charge is 2.22. The Morgan fingerprint density at radius 2 is 2.07 bits per heavy atom. The van der Waals surface area contributed by atoms with Crippen molar-refractivity contribution in [2.75, 3.05) is 0 Å². The van der Waals surface area contributed by atoms with Gasteiger partial charge in [-0.15, -0.1) is 10.2 Å². The number of carbonyl (C=O) groups excluding carboxylic acids is 1. The Balaban J connectivity index is 1.47. The average molecular weight is 393 g/mol. The highest BCUT2D eigenvalue weighted by Crippen LogP contribution is 2.33. The lowest BCUT2D eigenvalue weighted by atomic mass is 10.1. The summed E-state index contributed by atoms with van der Waals surface area (Å²) in [4.78, 5) is 11.8. The van der Waals surface area contributed by atoms with Crippen molar-refractivity contribution in [1.29, 1.82) is 0 Å². The molecule has 0 unspecified atom stereocenters. The molecule has 4 aromatic rings. The SMILES string of the molecule is Cc1onc(-c2ccccc2)c1-c1nnc(COC(=O)/C=C/c2ccsc2)o1. The zero-order chi connectivity index (χ0) is 19.3. The number of aryl methyl sites for hydroxylation is 1. The molecule has 0 fully saturated rings. The van der Waals surface area contributed by atoms with E-state index in [-0.39, 0.29) is 18.4 Å². The highest BCUT2D eigenvalue weighted by molar-refractivity contribution is 7.08. The first-order chi connectivity index (χ1) is 13.7. The first-order valence-corrected chi connectivity index (χ1v) is 9.36. The van der Waals surface area contributed by atoms with Crippen molar-refractivity contribution in [3.8, 4) is 22.7 Å². The molecular weight excluding hydrogens is 378 g/mol. The van der Waals surface area contributed by atoms with Crippen molar-refractivity contribution in [2.24, 2.45) is 0 Å². The van der Waals surface area contributed by atoms with E-state index in [9.17, 15) is 4.79 Å². The van der Waals surface area contributed by atoms with Crippen LogP contribution in [0.3, 0.4) is 0 Å². The summed E-state index contributed by atoms with van der Waals surface area (Å²) in [5.41, 5.74) is 3.05. The van der Waals surface area contributed by atoms with E-state index in [4.69, 9.17) is 13.7 Å². The molecule has 140 valence electrons. The van der Waals surface area contributed by atoms with Crippen LogP contribution in [0.5, 0.6) is 0 Å². The third-order valence-corrected chi connectivity index (χ3v) is 4.59. The highest BCUT2D eigenvalue weighted by atomic mass is 32.1. The second-order valence-electron chi connectivity index (χ2n) is 5.83. The van der Waals surface area contributed by atoms with Crippen molar-refractivity contribution in [1.82, 2.24) is 15.4 Å². The molecule has 0 saturated heterocycles. The van der Waals surface area contributed by atoms with E-state index >= 15 is 0 Å². The minimum absolute atomic E-state index is 0.120. The lowest BCUT2D eigenvalue weighted by Gasteiger charge is -1.98. The van der Waals surface area contributed by atoms with E-state index in [0.717, 1.165) is 11.1 Å². The maximum atomic E-state index is 11.8. The van der Waals surface area contributed by atoms with E-state index in [2.05, 4.69) is 15.4 Å². The largest absolute Gasteiger partial charge is 0.452 e. The van der Waals surface area contributed by atoms with E-state index in [1.807, 2.05) is 47.2 Å². The minimum atomic E-state index is -0.489. The van der Waals surface area contributed by atoms with Crippen molar-refractivity contribution >= 4 is 23.4 Å². The van der Waals surface area contributed by atoms with Gasteiger partial charge in [0.1, 0.15) is 17.0 Å². The van der Waals surface area contributed by atoms with Crippen LogP contribution >= 0.6 is 11.3 Å². The zero-order valence-corrected chi connectivity index (χ0v) is 15.7. The molecule has 0 bridgehead atoms. The van der Waals surface area contributed by atoms with E-state index < -0.39 is 5.97 Å². The van der Waals surface area contributed by atoms with E-state index in [0.29, 0.717) is 17.0 Å². The fourth-order valence-corrected chi connectivity index (χ4v) is 3.17. The van der Waals surface area contributed by atoms with Crippen molar-refractivity contribution in [2.45, 2.75) is 13.5 Å². The van der Waals surface area contributed by atoms with E-state index in [1.54, 1.807) is 24.3 Å². The number of benzene rings is 1. The Bertz CT molecular complexity index is 1100. The normalized spacial score (nSPS) is 11.2. The summed E-state index contributed by atoms with van der Waals surface area (Å²) in [6.07, 6.45) is 3.04. The Morgan fingerprint density at radius 3 is 2.86 bits per heavy atom. The Morgan fingerprint density at radius 1 is 1.21 bits per heavy atom. The first-order valence-electron chi connectivity index (χ1n) is 8.42. The summed E-state index contributed by atoms with van der Waals surface area (Å²) in [7, 11) is 0. The number of carbonyl (C=O) groups is 1. The second-order valence-corrected chi connectivity index (χ2v) is 6.61. The van der Waals surface area contributed by atoms with Crippen LogP contribution in [0, 0.1) is 6.92 Å². The van der Waals surface area contributed by atoms with Crippen LogP contribution in [0.15, 0.2) is 62.2 Å². The van der Waals surface area contributed by atoms with Crippen LogP contribution in [-0.2, 0) is 16.1 Å². The third kappa shape index (κ3) is 3.91. The van der Waals surface area contributed by atoms with Crippen molar-refractivity contribution in [3.63, 3.8) is 0 Å². The molecule has 0 amide bonds. The Labute approximate surface area is 164 Å². The van der Waals surface area contributed by atoms with Gasteiger partial charge in [-0.25, -0.2) is 4.79 Å². The first kappa shape index (κ1) is 17.9. The van der Waals surface area contributed by atoms with Gasteiger partial charge < -0.3 is 13.7 Å². The maximum absolute atomic E-state index is 11.8. The molecule has 8 heteroatoms. The third-order valence-electron chi connectivity index (χ3n) is 3.88. The van der Waals surface area contributed by atoms with Crippen LogP contribution in [0.1, 0.15) is 17.2 Å². The van der Waals surface area contributed by atoms with E-state index in [1.165, 1.54) is 6.08 Å². The predicted octanol–water partition coefficient (Wildman–Crippen LogP) is 4.52. The number of ether oxygens (including phenoxy) is 1. The summed E-state index contributed by atoms with van der Waals surface area (Å²) in [6, 6.07) is 11.5. The van der Waals surface area contributed by atoms with Gasteiger partial charge in [-0.05, 0) is 35.4 Å². The van der Waals surface area contributed by atoms with Gasteiger partial charge in [-0.1, -0.05) is 35.5 Å². The quantitative estimate of drug-likeness (QED) is 0.351. The molecule has 1 aromatic carbocycles. The number of rotatable bonds is 6. The summed E-state index contributed by atoms with van der Waals surface area (Å²) in [5, 5.41) is 16.0. The second kappa shape index (κ2) is 8.01. The fraction of sp³-hybridized carbons (Fsp3) is 0.100. The zero-order valence-electron chi connectivity index (χ0n) is 14.9. The van der Waals surface area contributed by atoms with Gasteiger partial charge in [-0.3, -0.25) is 0 Å². The molecule has 4 rings (SSSR count). The molecule has 3 aromatic heterocycles. The van der Waals surface area contributed by atoms with Crippen LogP contribution in [0.25, 0.3) is 28.8 Å². The summed E-state index contributed by atoms with van der Waals surface area (Å²) in [5.74, 6) is 0.520. The number of hydrogen-bond donors (Lipinski definition) is 0. The molecule has 0 aliphatic carbocycles. The standard InChI is InChI=1S/C20H15N3O4S/c1-13-18(19(23-27-13)15-5-3-2-4-6-15)20-22-21-16(26-20)11-25-17(24)8-7-14-9-10-28-12-14/h2-10,12H,11H2,1H3/b8-7+. The Hall–Kier alpha value is -3.52. The molecule has 3 heterocycles. The van der Waals surface area contributed by atoms with Crippen LogP contribution in [-0.4, -0.2) is 21.3 Å². The monoisotopic (exact) mass is 393 g/mol. The molecule has 0 spiro atoms. The lowest BCUT2D eigenvalue weighted by molar-refractivity contribution is -0.139. The lowest BCUT2D eigenvalue weighted by Crippen LogP contribution is -2.00. The molecule has 0 aliphatic heterocycles. The van der Waals surface area contributed by atoms with Gasteiger partial charge in [0.2, 0.25) is 0 Å². The summed E-state index contributed by atoms with van der Waals surface area (Å²) < 4.78 is 16.1. The van der Waals surface area contributed by atoms with Gasteiger partial charge in [0.05, 0.1) is 0 Å². The molecular formula is C20H15N3O4S. The van der Waals surface area contributed by atoms with Crippen LogP contribution in [0.4, 0.5) is 0 Å². The maximum Gasteiger partial charge on any atom is 0.331 e. The molecule has 7 nitrogen and oxygen atoms in total. The van der Waals surface area contributed by atoms with Crippen LogP contribution < -0.4 is 0 Å². The number of thiophene rings is 1. The molecule has 0 saturated carbocycles. The Kier molecular flexibility index (Phi) is 5.11. The average Bonchev–Trinajstić information content (AvgIpc) is 3.46. The summed E-state index contributed by atoms with van der Waals surface area (Å²) >= 11 is 1.55. The number of nitrogens with zero attached hydrogens (tertiary/aromatic N) is 3. The molecule has 0 atom stereocenters. The molecule has 28 heavy (non-hydrogen) atoms. The van der Waals surface area contributed by atoms with Gasteiger partial charge in [0.15, 0.2) is 6.61 Å². The smallest absolute Gasteiger partial charge is 0.331 e. The van der Waals surface area contributed by atoms with Crippen molar-refractivity contribution in [3.05, 3.63) is 70.4 Å². The molecule has 0 aliphatic rings. The topological polar surface area (TPSA) is 91.3 Å².